The first-order chi connectivity index (χ1) is 7.54. The number of nitrogens with zero attached hydrogens (tertiary/aromatic N) is 2. The molecule has 0 unspecified atom stereocenters. The predicted molar refractivity (Wildman–Crippen MR) is 57.6 cm³/mol. The van der Waals surface area contributed by atoms with Gasteiger partial charge < -0.3 is 5.53 Å². The molecule has 1 aliphatic carbocycles. The van der Waals surface area contributed by atoms with E-state index in [1.54, 1.807) is 18.2 Å². The minimum Gasteiger partial charge on any atom is -0.361 e. The van der Waals surface area contributed by atoms with Crippen LogP contribution in [0.5, 0.6) is 0 Å². The molecule has 0 bridgehead atoms. The molecule has 1 N–H and O–H groups in total. The number of fused-ring (bicyclic) bond motifs is 1. The molecular formula is C10H8N2O3S. The highest BCUT2D eigenvalue weighted by atomic mass is 32.2. The van der Waals surface area contributed by atoms with Crippen LogP contribution in [0.1, 0.15) is 17.5 Å². The van der Waals surface area contributed by atoms with Crippen LogP contribution in [-0.2, 0) is 10.1 Å². The van der Waals surface area contributed by atoms with Crippen molar-refractivity contribution in [3.8, 4) is 0 Å². The van der Waals surface area contributed by atoms with Crippen LogP contribution in [0.15, 0.2) is 29.2 Å². The summed E-state index contributed by atoms with van der Waals surface area (Å²) in [7, 11) is -4.31. The van der Waals surface area contributed by atoms with Crippen molar-refractivity contribution in [2.45, 2.75) is 11.3 Å². The molecule has 1 aliphatic rings. The first-order valence-electron chi connectivity index (χ1n) is 4.52. The Balaban J connectivity index is 2.86. The Labute approximate surface area is 92.4 Å². The van der Waals surface area contributed by atoms with Crippen LogP contribution in [0.25, 0.3) is 11.6 Å². The van der Waals surface area contributed by atoms with E-state index in [-0.39, 0.29) is 16.2 Å². The van der Waals surface area contributed by atoms with E-state index >= 15 is 0 Å². The summed E-state index contributed by atoms with van der Waals surface area (Å²) in [6.07, 6.45) is 3.81. The Hall–Kier alpha value is -1.75. The molecule has 0 aromatic heterocycles. The number of hydrogen-bond acceptors (Lipinski definition) is 2. The lowest BCUT2D eigenvalue weighted by molar-refractivity contribution is -0.00631. The number of allylic oxidation sites excluding steroid dienone is 1. The van der Waals surface area contributed by atoms with E-state index in [1.807, 2.05) is 0 Å². The third-order valence-corrected chi connectivity index (χ3v) is 3.25. The molecule has 0 atom stereocenters. The lowest BCUT2D eigenvalue weighted by Gasteiger charge is -2.09. The van der Waals surface area contributed by atoms with Gasteiger partial charge in [-0.3, -0.25) is 4.55 Å². The SMILES string of the molecule is [N-]=[N+]=C1CC=Cc2cccc(S(=O)(=O)O)c21. The highest BCUT2D eigenvalue weighted by molar-refractivity contribution is 7.86. The van der Waals surface area contributed by atoms with Crippen molar-refractivity contribution in [1.82, 2.24) is 0 Å². The van der Waals surface area contributed by atoms with Crippen molar-refractivity contribution in [3.63, 3.8) is 0 Å². The van der Waals surface area contributed by atoms with Gasteiger partial charge in [-0.25, -0.2) is 0 Å². The molecule has 1 aromatic carbocycles. The van der Waals surface area contributed by atoms with Gasteiger partial charge in [0.1, 0.15) is 4.90 Å². The molecule has 0 saturated carbocycles. The van der Waals surface area contributed by atoms with Crippen LogP contribution in [0.4, 0.5) is 0 Å². The van der Waals surface area contributed by atoms with E-state index in [1.165, 1.54) is 12.1 Å². The molecule has 0 spiro atoms. The van der Waals surface area contributed by atoms with E-state index in [9.17, 15) is 8.42 Å². The predicted octanol–water partition coefficient (Wildman–Crippen LogP) is 1.37. The van der Waals surface area contributed by atoms with Crippen molar-refractivity contribution in [2.75, 3.05) is 0 Å². The number of rotatable bonds is 1. The van der Waals surface area contributed by atoms with Crippen molar-refractivity contribution in [2.24, 2.45) is 0 Å². The van der Waals surface area contributed by atoms with Gasteiger partial charge in [-0.05, 0) is 11.6 Å². The zero-order chi connectivity index (χ0) is 11.8. The lowest BCUT2D eigenvalue weighted by Crippen LogP contribution is -2.13. The average molecular weight is 236 g/mol. The lowest BCUT2D eigenvalue weighted by atomic mass is 9.96. The van der Waals surface area contributed by atoms with E-state index in [0.717, 1.165) is 0 Å². The van der Waals surface area contributed by atoms with E-state index < -0.39 is 10.1 Å². The monoisotopic (exact) mass is 236 g/mol. The molecular weight excluding hydrogens is 228 g/mol. The minimum absolute atomic E-state index is 0.228. The molecule has 0 radical (unpaired) electrons. The van der Waals surface area contributed by atoms with Gasteiger partial charge in [0.15, 0.2) is 0 Å². The van der Waals surface area contributed by atoms with Crippen LogP contribution < -0.4 is 0 Å². The van der Waals surface area contributed by atoms with Gasteiger partial charge in [0, 0.05) is 0 Å². The van der Waals surface area contributed by atoms with Crippen LogP contribution in [0.3, 0.4) is 0 Å². The molecule has 0 saturated heterocycles. The quantitative estimate of drug-likeness (QED) is 0.453. The standard InChI is InChI=1S/C10H8N2O3S/c11-12-8-5-1-3-7-4-2-6-9(10(7)8)16(13,14)15/h1-4,6H,5H2,(H,13,14,15). The maximum absolute atomic E-state index is 11.2. The first kappa shape index (κ1) is 10.8. The van der Waals surface area contributed by atoms with E-state index in [0.29, 0.717) is 12.0 Å². The second-order valence-corrected chi connectivity index (χ2v) is 4.74. The summed E-state index contributed by atoms with van der Waals surface area (Å²) in [4.78, 5) is 2.82. The molecule has 6 heteroatoms. The number of hydrogen-bond donors (Lipinski definition) is 1. The Bertz CT molecular complexity index is 625. The maximum atomic E-state index is 11.2. The van der Waals surface area contributed by atoms with Crippen LogP contribution in [0.2, 0.25) is 0 Å². The van der Waals surface area contributed by atoms with Crippen molar-refractivity contribution < 1.29 is 17.8 Å². The highest BCUT2D eigenvalue weighted by Crippen LogP contribution is 2.25. The average Bonchev–Trinajstić information content (AvgIpc) is 2.26. The van der Waals surface area contributed by atoms with Gasteiger partial charge in [-0.2, -0.15) is 13.2 Å². The minimum atomic E-state index is -4.31. The molecule has 0 aliphatic heterocycles. The highest BCUT2D eigenvalue weighted by Gasteiger charge is 2.27. The molecule has 5 nitrogen and oxygen atoms in total. The van der Waals surface area contributed by atoms with E-state index in [2.05, 4.69) is 4.79 Å². The Morgan fingerprint density at radius 1 is 1.38 bits per heavy atom. The summed E-state index contributed by atoms with van der Waals surface area (Å²) >= 11 is 0. The normalized spacial score (nSPS) is 14.4. The van der Waals surface area contributed by atoms with Crippen molar-refractivity contribution >= 4 is 21.9 Å². The molecule has 1 aromatic rings. The molecule has 2 rings (SSSR count). The van der Waals surface area contributed by atoms with Crippen LogP contribution in [0, 0.1) is 0 Å². The fraction of sp³-hybridized carbons (Fsp3) is 0.100. The fourth-order valence-electron chi connectivity index (χ4n) is 1.70. The number of benzene rings is 1. The molecule has 82 valence electrons. The summed E-state index contributed by atoms with van der Waals surface area (Å²) in [5, 5.41) is 0. The Morgan fingerprint density at radius 2 is 2.12 bits per heavy atom. The van der Waals surface area contributed by atoms with Gasteiger partial charge >= 0.3 is 5.71 Å². The van der Waals surface area contributed by atoms with Gasteiger partial charge in [0.05, 0.1) is 12.0 Å². The summed E-state index contributed by atoms with van der Waals surface area (Å²) in [5.74, 6) is 0. The van der Waals surface area contributed by atoms with Gasteiger partial charge in [-0.15, -0.1) is 0 Å². The van der Waals surface area contributed by atoms with Gasteiger partial charge in [-0.1, -0.05) is 24.3 Å². The summed E-state index contributed by atoms with van der Waals surface area (Å²) < 4.78 is 31.4. The zero-order valence-corrected chi connectivity index (χ0v) is 8.98. The Morgan fingerprint density at radius 3 is 2.75 bits per heavy atom. The van der Waals surface area contributed by atoms with Crippen molar-refractivity contribution in [3.05, 3.63) is 40.9 Å². The van der Waals surface area contributed by atoms with Gasteiger partial charge in [0.2, 0.25) is 0 Å². The largest absolute Gasteiger partial charge is 0.361 e. The second kappa shape index (κ2) is 3.68. The van der Waals surface area contributed by atoms with Crippen LogP contribution >= 0.6 is 0 Å². The maximum Gasteiger partial charge on any atom is 0.304 e. The summed E-state index contributed by atoms with van der Waals surface area (Å²) in [5.41, 5.74) is 9.90. The fourth-order valence-corrected chi connectivity index (χ4v) is 2.45. The molecule has 16 heavy (non-hydrogen) atoms. The topological polar surface area (TPSA) is 90.8 Å². The third kappa shape index (κ3) is 1.69. The first-order valence-corrected chi connectivity index (χ1v) is 5.96. The molecule has 0 fully saturated rings. The van der Waals surface area contributed by atoms with Crippen molar-refractivity contribution in [1.29, 1.82) is 0 Å². The summed E-state index contributed by atoms with van der Waals surface area (Å²) in [6, 6.07) is 4.48. The Kier molecular flexibility index (Phi) is 2.47. The zero-order valence-electron chi connectivity index (χ0n) is 8.16. The van der Waals surface area contributed by atoms with Gasteiger partial charge in [0.25, 0.3) is 10.1 Å². The van der Waals surface area contributed by atoms with Crippen LogP contribution in [-0.4, -0.2) is 23.5 Å². The smallest absolute Gasteiger partial charge is 0.304 e. The molecule has 0 amide bonds. The third-order valence-electron chi connectivity index (χ3n) is 2.35. The molecule has 0 heterocycles. The van der Waals surface area contributed by atoms with E-state index in [4.69, 9.17) is 10.1 Å². The summed E-state index contributed by atoms with van der Waals surface area (Å²) in [6.45, 7) is 0. The second-order valence-electron chi connectivity index (χ2n) is 3.35.